The highest BCUT2D eigenvalue weighted by atomic mass is 16.4. The molecule has 1 aliphatic heterocycles. The fraction of sp³-hybridized carbons (Fsp3) is 0.529. The Balaban J connectivity index is 1.99. The standard InChI is InChI=1S/C17H25N3O3/c1-3-13-6-4-5-7-14(13)18-16(21)12-15(17(22)23)20-10-8-19(2)9-11-20/h4-7,15H,3,8-12H2,1-2H3,(H,18,21)(H,22,23)/p+1/t15-/m1/s1. The molecule has 2 rings (SSSR count). The Kier molecular flexibility index (Phi) is 6.12. The van der Waals surface area contributed by atoms with Gasteiger partial charge in [0.1, 0.15) is 32.2 Å². The Morgan fingerprint density at radius 3 is 2.48 bits per heavy atom. The van der Waals surface area contributed by atoms with E-state index in [1.165, 1.54) is 4.90 Å². The summed E-state index contributed by atoms with van der Waals surface area (Å²) in [5.41, 5.74) is 1.80. The van der Waals surface area contributed by atoms with Crippen LogP contribution in [0.2, 0.25) is 0 Å². The van der Waals surface area contributed by atoms with Gasteiger partial charge in [-0.15, -0.1) is 0 Å². The molecule has 1 amide bonds. The lowest BCUT2D eigenvalue weighted by Crippen LogP contribution is -3.29. The van der Waals surface area contributed by atoms with Gasteiger partial charge < -0.3 is 25.0 Å². The molecular formula is C17H26N3O3+. The summed E-state index contributed by atoms with van der Waals surface area (Å²) < 4.78 is 0. The normalized spacial score (nSPS) is 22.3. The number of anilines is 1. The summed E-state index contributed by atoms with van der Waals surface area (Å²) >= 11 is 0. The zero-order valence-electron chi connectivity index (χ0n) is 13.9. The number of quaternary nitrogens is 2. The van der Waals surface area contributed by atoms with Gasteiger partial charge in [0.15, 0.2) is 0 Å². The molecule has 0 aliphatic carbocycles. The van der Waals surface area contributed by atoms with Crippen LogP contribution in [0.25, 0.3) is 0 Å². The van der Waals surface area contributed by atoms with Crippen LogP contribution in [0.4, 0.5) is 5.69 Å². The summed E-state index contributed by atoms with van der Waals surface area (Å²) in [6.45, 7) is 5.36. The van der Waals surface area contributed by atoms with Gasteiger partial charge in [-0.05, 0) is 18.1 Å². The van der Waals surface area contributed by atoms with Crippen molar-refractivity contribution in [2.45, 2.75) is 25.8 Å². The molecule has 0 aromatic heterocycles. The van der Waals surface area contributed by atoms with E-state index >= 15 is 0 Å². The van der Waals surface area contributed by atoms with Crippen LogP contribution in [0.5, 0.6) is 0 Å². The molecule has 126 valence electrons. The first-order valence-electron chi connectivity index (χ1n) is 8.25. The summed E-state index contributed by atoms with van der Waals surface area (Å²) in [7, 11) is 2.10. The number of hydrogen-bond acceptors (Lipinski definition) is 3. The molecule has 1 aromatic carbocycles. The Morgan fingerprint density at radius 1 is 1.22 bits per heavy atom. The maximum atomic E-state index is 12.3. The Hall–Kier alpha value is -1.92. The van der Waals surface area contributed by atoms with Crippen LogP contribution in [0.15, 0.2) is 24.3 Å². The van der Waals surface area contributed by atoms with Gasteiger partial charge in [0.25, 0.3) is 0 Å². The third-order valence-corrected chi connectivity index (χ3v) is 4.58. The number of amides is 1. The first-order valence-corrected chi connectivity index (χ1v) is 8.25. The molecule has 6 heteroatoms. The van der Waals surface area contributed by atoms with Crippen molar-refractivity contribution in [3.63, 3.8) is 0 Å². The summed E-state index contributed by atoms with van der Waals surface area (Å²) in [4.78, 5) is 26.1. The molecule has 0 radical (unpaired) electrons. The summed E-state index contributed by atoms with van der Waals surface area (Å²) in [5, 5.41) is 14.3. The number of benzene rings is 1. The SMILES string of the molecule is CCc1ccccc1NC(=O)C[C@H](C(=O)[O-])[NH+]1CC[NH+](C)CC1. The van der Waals surface area contributed by atoms with E-state index in [0.29, 0.717) is 0 Å². The van der Waals surface area contributed by atoms with E-state index in [2.05, 4.69) is 12.4 Å². The van der Waals surface area contributed by atoms with Crippen molar-refractivity contribution in [1.29, 1.82) is 0 Å². The number of aliphatic carboxylic acids is 1. The number of carboxylic acids is 1. The van der Waals surface area contributed by atoms with Crippen LogP contribution in [0, 0.1) is 0 Å². The summed E-state index contributed by atoms with van der Waals surface area (Å²) in [6.07, 6.45) is 0.765. The number of carbonyl (C=O) groups is 2. The molecule has 6 nitrogen and oxygen atoms in total. The number of para-hydroxylation sites is 1. The second-order valence-electron chi connectivity index (χ2n) is 6.25. The zero-order chi connectivity index (χ0) is 16.8. The molecule has 1 atom stereocenters. The third kappa shape index (κ3) is 4.77. The van der Waals surface area contributed by atoms with Crippen molar-refractivity contribution in [2.24, 2.45) is 0 Å². The Morgan fingerprint density at radius 2 is 1.87 bits per heavy atom. The van der Waals surface area contributed by atoms with E-state index in [-0.39, 0.29) is 12.3 Å². The topological polar surface area (TPSA) is 78.1 Å². The van der Waals surface area contributed by atoms with E-state index in [0.717, 1.165) is 48.8 Å². The van der Waals surface area contributed by atoms with Gasteiger partial charge in [-0.25, -0.2) is 0 Å². The molecule has 0 saturated carbocycles. The second-order valence-corrected chi connectivity index (χ2v) is 6.25. The monoisotopic (exact) mass is 320 g/mol. The first kappa shape index (κ1) is 17.4. The van der Waals surface area contributed by atoms with Gasteiger partial charge in [-0.2, -0.15) is 0 Å². The van der Waals surface area contributed by atoms with Gasteiger partial charge in [0, 0.05) is 5.69 Å². The van der Waals surface area contributed by atoms with Crippen molar-refractivity contribution >= 4 is 17.6 Å². The lowest BCUT2D eigenvalue weighted by molar-refractivity contribution is -1.01. The van der Waals surface area contributed by atoms with E-state index in [1.807, 2.05) is 31.2 Å². The van der Waals surface area contributed by atoms with E-state index in [9.17, 15) is 14.7 Å². The number of piperazine rings is 1. The van der Waals surface area contributed by atoms with Crippen LogP contribution in [-0.4, -0.2) is 51.1 Å². The molecule has 3 N–H and O–H groups in total. The highest BCUT2D eigenvalue weighted by Crippen LogP contribution is 2.15. The van der Waals surface area contributed by atoms with E-state index in [4.69, 9.17) is 0 Å². The maximum Gasteiger partial charge on any atom is 0.230 e. The van der Waals surface area contributed by atoms with Crippen LogP contribution in [0.3, 0.4) is 0 Å². The minimum absolute atomic E-state index is 0.0469. The van der Waals surface area contributed by atoms with Crippen LogP contribution in [0.1, 0.15) is 18.9 Å². The molecular weight excluding hydrogens is 294 g/mol. The van der Waals surface area contributed by atoms with Gasteiger partial charge in [-0.1, -0.05) is 25.1 Å². The number of hydrogen-bond donors (Lipinski definition) is 3. The summed E-state index contributed by atoms with van der Waals surface area (Å²) in [5.74, 6) is -1.41. The van der Waals surface area contributed by atoms with Gasteiger partial charge >= 0.3 is 0 Å². The summed E-state index contributed by atoms with van der Waals surface area (Å²) in [6, 6.07) is 6.81. The number of likely N-dealkylation sites (N-methyl/N-ethyl adjacent to an activating group) is 1. The van der Waals surface area contributed by atoms with Crippen LogP contribution in [-0.2, 0) is 16.0 Å². The molecule has 1 saturated heterocycles. The average molecular weight is 320 g/mol. The highest BCUT2D eigenvalue weighted by Gasteiger charge is 2.30. The minimum Gasteiger partial charge on any atom is -0.544 e. The predicted molar refractivity (Wildman–Crippen MR) is 85.2 cm³/mol. The number of carboxylic acid groups (broad SMARTS) is 1. The second kappa shape index (κ2) is 8.08. The van der Waals surface area contributed by atoms with Crippen LogP contribution < -0.4 is 20.2 Å². The molecule has 1 aliphatic rings. The maximum absolute atomic E-state index is 12.3. The van der Waals surface area contributed by atoms with Crippen molar-refractivity contribution in [2.75, 3.05) is 38.5 Å². The van der Waals surface area contributed by atoms with Crippen molar-refractivity contribution in [1.82, 2.24) is 0 Å². The average Bonchev–Trinajstić information content (AvgIpc) is 2.54. The molecule has 0 unspecified atom stereocenters. The number of nitrogens with one attached hydrogen (secondary N) is 3. The molecule has 1 fully saturated rings. The molecule has 0 bridgehead atoms. The quantitative estimate of drug-likeness (QED) is 0.527. The number of aryl methyl sites for hydroxylation is 1. The number of rotatable bonds is 6. The molecule has 1 heterocycles. The number of carbonyl (C=O) groups excluding carboxylic acids is 2. The van der Waals surface area contributed by atoms with Crippen molar-refractivity contribution in [3.05, 3.63) is 29.8 Å². The fourth-order valence-electron chi connectivity index (χ4n) is 3.08. The third-order valence-electron chi connectivity index (χ3n) is 4.58. The molecule has 23 heavy (non-hydrogen) atoms. The van der Waals surface area contributed by atoms with Gasteiger partial charge in [0.05, 0.1) is 19.4 Å². The van der Waals surface area contributed by atoms with Crippen molar-refractivity contribution < 1.29 is 24.5 Å². The predicted octanol–water partition coefficient (Wildman–Crippen LogP) is -2.89. The van der Waals surface area contributed by atoms with Gasteiger partial charge in [-0.3, -0.25) is 4.79 Å². The fourth-order valence-corrected chi connectivity index (χ4v) is 3.08. The van der Waals surface area contributed by atoms with Crippen LogP contribution >= 0.6 is 0 Å². The molecule has 1 aromatic rings. The Labute approximate surface area is 137 Å². The first-order chi connectivity index (χ1) is 11.0. The zero-order valence-corrected chi connectivity index (χ0v) is 13.9. The largest absolute Gasteiger partial charge is 0.544 e. The Bertz CT molecular complexity index is 554. The van der Waals surface area contributed by atoms with Gasteiger partial charge in [0.2, 0.25) is 5.91 Å². The van der Waals surface area contributed by atoms with Crippen molar-refractivity contribution in [3.8, 4) is 0 Å². The van der Waals surface area contributed by atoms with E-state index in [1.54, 1.807) is 0 Å². The lowest BCUT2D eigenvalue weighted by atomic mass is 10.1. The minimum atomic E-state index is -1.14. The highest BCUT2D eigenvalue weighted by molar-refractivity contribution is 5.94. The smallest absolute Gasteiger partial charge is 0.230 e. The van der Waals surface area contributed by atoms with E-state index < -0.39 is 12.0 Å². The lowest BCUT2D eigenvalue weighted by Gasteiger charge is -2.33. The molecule has 0 spiro atoms.